The van der Waals surface area contributed by atoms with E-state index in [0.717, 1.165) is 5.69 Å². The largest absolute Gasteiger partial charge is 0.497 e. The second-order valence-corrected chi connectivity index (χ2v) is 6.37. The van der Waals surface area contributed by atoms with Crippen molar-refractivity contribution < 1.29 is 19.1 Å². The van der Waals surface area contributed by atoms with Crippen LogP contribution in [0.2, 0.25) is 5.02 Å². The number of rotatable bonds is 5. The summed E-state index contributed by atoms with van der Waals surface area (Å²) in [4.78, 5) is 26.6. The normalized spacial score (nSPS) is 16.5. The number of halogens is 1. The molecular formula is C19H19ClN2O4. The van der Waals surface area contributed by atoms with Gasteiger partial charge in [-0.3, -0.25) is 9.59 Å². The van der Waals surface area contributed by atoms with Gasteiger partial charge in [0.1, 0.15) is 11.5 Å². The minimum absolute atomic E-state index is 0.0895. The van der Waals surface area contributed by atoms with Gasteiger partial charge >= 0.3 is 0 Å². The van der Waals surface area contributed by atoms with Crippen LogP contribution < -0.4 is 19.7 Å². The highest BCUT2D eigenvalue weighted by atomic mass is 35.5. The van der Waals surface area contributed by atoms with Gasteiger partial charge in [-0.1, -0.05) is 11.6 Å². The van der Waals surface area contributed by atoms with Crippen molar-refractivity contribution in [2.24, 2.45) is 5.92 Å². The van der Waals surface area contributed by atoms with Crippen LogP contribution >= 0.6 is 11.6 Å². The Bertz CT molecular complexity index is 823. The molecule has 0 radical (unpaired) electrons. The summed E-state index contributed by atoms with van der Waals surface area (Å²) < 4.78 is 10.4. The van der Waals surface area contributed by atoms with Crippen molar-refractivity contribution in [2.45, 2.75) is 6.42 Å². The van der Waals surface area contributed by atoms with E-state index < -0.39 is 5.92 Å². The van der Waals surface area contributed by atoms with E-state index >= 15 is 0 Å². The highest BCUT2D eigenvalue weighted by Crippen LogP contribution is 2.31. The molecular weight excluding hydrogens is 356 g/mol. The monoisotopic (exact) mass is 374 g/mol. The summed E-state index contributed by atoms with van der Waals surface area (Å²) in [5.41, 5.74) is 1.23. The molecule has 0 aliphatic carbocycles. The van der Waals surface area contributed by atoms with E-state index in [1.807, 2.05) is 0 Å². The molecule has 2 aromatic rings. The van der Waals surface area contributed by atoms with Crippen LogP contribution in [0, 0.1) is 5.92 Å². The molecule has 0 saturated carbocycles. The van der Waals surface area contributed by atoms with Gasteiger partial charge in [0.05, 0.1) is 25.8 Å². The molecule has 1 fully saturated rings. The molecule has 6 nitrogen and oxygen atoms in total. The molecule has 136 valence electrons. The number of benzene rings is 2. The van der Waals surface area contributed by atoms with Gasteiger partial charge in [-0.2, -0.15) is 0 Å². The number of ether oxygens (including phenoxy) is 2. The molecule has 1 atom stereocenters. The third kappa shape index (κ3) is 3.75. The van der Waals surface area contributed by atoms with Crippen LogP contribution in [0.25, 0.3) is 0 Å². The molecule has 1 unspecified atom stereocenters. The third-order valence-corrected chi connectivity index (χ3v) is 4.53. The molecule has 3 rings (SSSR count). The molecule has 26 heavy (non-hydrogen) atoms. The van der Waals surface area contributed by atoms with E-state index in [-0.39, 0.29) is 18.2 Å². The summed E-state index contributed by atoms with van der Waals surface area (Å²) in [5, 5.41) is 3.30. The smallest absolute Gasteiger partial charge is 0.229 e. The van der Waals surface area contributed by atoms with Gasteiger partial charge < -0.3 is 19.7 Å². The number of nitrogens with zero attached hydrogens (tertiary/aromatic N) is 1. The van der Waals surface area contributed by atoms with Gasteiger partial charge in [-0.25, -0.2) is 0 Å². The van der Waals surface area contributed by atoms with Crippen molar-refractivity contribution in [1.29, 1.82) is 0 Å². The molecule has 1 N–H and O–H groups in total. The number of carbonyl (C=O) groups is 2. The second kappa shape index (κ2) is 7.66. The fourth-order valence-electron chi connectivity index (χ4n) is 2.91. The van der Waals surface area contributed by atoms with Gasteiger partial charge in [0.15, 0.2) is 0 Å². The molecule has 2 aromatic carbocycles. The number of methoxy groups -OCH3 is 2. The van der Waals surface area contributed by atoms with Crippen molar-refractivity contribution in [3.63, 3.8) is 0 Å². The summed E-state index contributed by atoms with van der Waals surface area (Å²) in [6.45, 7) is 0.319. The molecule has 7 heteroatoms. The number of carbonyl (C=O) groups excluding carboxylic acids is 2. The van der Waals surface area contributed by atoms with Crippen molar-refractivity contribution in [2.75, 3.05) is 31.0 Å². The third-order valence-electron chi connectivity index (χ3n) is 4.30. The Hall–Kier alpha value is -2.73. The molecule has 1 aliphatic heterocycles. The maximum absolute atomic E-state index is 12.6. The van der Waals surface area contributed by atoms with Crippen molar-refractivity contribution >= 4 is 34.8 Å². The Morgan fingerprint density at radius 2 is 1.88 bits per heavy atom. The van der Waals surface area contributed by atoms with Crippen molar-refractivity contribution in [3.05, 3.63) is 47.5 Å². The van der Waals surface area contributed by atoms with E-state index in [4.69, 9.17) is 21.1 Å². The number of amides is 2. The Morgan fingerprint density at radius 1 is 1.15 bits per heavy atom. The average molecular weight is 375 g/mol. The number of hydrogen-bond acceptors (Lipinski definition) is 4. The Morgan fingerprint density at radius 3 is 2.54 bits per heavy atom. The van der Waals surface area contributed by atoms with Gasteiger partial charge in [0.25, 0.3) is 0 Å². The first-order valence-electron chi connectivity index (χ1n) is 8.10. The zero-order valence-corrected chi connectivity index (χ0v) is 15.2. The lowest BCUT2D eigenvalue weighted by Gasteiger charge is -2.17. The number of nitrogens with one attached hydrogen (secondary N) is 1. The molecule has 2 amide bonds. The summed E-state index contributed by atoms with van der Waals surface area (Å²) in [6, 6.07) is 12.2. The zero-order chi connectivity index (χ0) is 18.7. The number of anilines is 2. The van der Waals surface area contributed by atoms with Crippen LogP contribution in [0.5, 0.6) is 11.5 Å². The van der Waals surface area contributed by atoms with Crippen molar-refractivity contribution in [1.82, 2.24) is 0 Å². The number of hydrogen-bond donors (Lipinski definition) is 1. The Kier molecular flexibility index (Phi) is 5.32. The predicted molar refractivity (Wildman–Crippen MR) is 100 cm³/mol. The zero-order valence-electron chi connectivity index (χ0n) is 14.5. The van der Waals surface area contributed by atoms with Crippen LogP contribution in [0.4, 0.5) is 11.4 Å². The Balaban J connectivity index is 1.71. The highest BCUT2D eigenvalue weighted by Gasteiger charge is 2.35. The molecule has 1 aliphatic rings. The van der Waals surface area contributed by atoms with E-state index in [9.17, 15) is 9.59 Å². The van der Waals surface area contributed by atoms with E-state index in [1.54, 1.807) is 54.5 Å². The lowest BCUT2D eigenvalue weighted by atomic mass is 10.1. The fourth-order valence-corrected chi connectivity index (χ4v) is 3.08. The molecule has 1 heterocycles. The van der Waals surface area contributed by atoms with Gasteiger partial charge in [-0.15, -0.1) is 0 Å². The van der Waals surface area contributed by atoms with E-state index in [0.29, 0.717) is 28.8 Å². The first-order valence-corrected chi connectivity index (χ1v) is 8.48. The molecule has 0 aromatic heterocycles. The first kappa shape index (κ1) is 18.1. The van der Waals surface area contributed by atoms with Crippen LogP contribution in [0.15, 0.2) is 42.5 Å². The summed E-state index contributed by atoms with van der Waals surface area (Å²) >= 11 is 5.99. The summed E-state index contributed by atoms with van der Waals surface area (Å²) in [6.07, 6.45) is 0.154. The first-order chi connectivity index (χ1) is 12.5. The molecule has 0 bridgehead atoms. The van der Waals surface area contributed by atoms with Crippen molar-refractivity contribution in [3.8, 4) is 11.5 Å². The average Bonchev–Trinajstić information content (AvgIpc) is 3.04. The van der Waals surface area contributed by atoms with Crippen LogP contribution in [0.1, 0.15) is 6.42 Å². The summed E-state index contributed by atoms with van der Waals surface area (Å²) in [5.74, 6) is 0.443. The van der Waals surface area contributed by atoms with Gasteiger partial charge in [0, 0.05) is 23.7 Å². The lowest BCUT2D eigenvalue weighted by molar-refractivity contribution is -0.122. The fraction of sp³-hybridized carbons (Fsp3) is 0.263. The standard InChI is InChI=1S/C19H19ClN2O4/c1-25-15-6-4-14(5-7-15)22-11-12(9-18(22)23)19(24)21-16-10-13(20)3-8-17(16)26-2/h3-8,10,12H,9,11H2,1-2H3,(H,21,24). The van der Waals surface area contributed by atoms with Gasteiger partial charge in [0.2, 0.25) is 11.8 Å². The van der Waals surface area contributed by atoms with E-state index in [1.165, 1.54) is 7.11 Å². The second-order valence-electron chi connectivity index (χ2n) is 5.94. The van der Waals surface area contributed by atoms with Gasteiger partial charge in [-0.05, 0) is 42.5 Å². The quantitative estimate of drug-likeness (QED) is 0.871. The predicted octanol–water partition coefficient (Wildman–Crippen LogP) is 3.35. The molecule has 1 saturated heterocycles. The topological polar surface area (TPSA) is 67.9 Å². The SMILES string of the molecule is COc1ccc(N2CC(C(=O)Nc3cc(Cl)ccc3OC)CC2=O)cc1. The minimum atomic E-state index is -0.451. The summed E-state index contributed by atoms with van der Waals surface area (Å²) in [7, 11) is 3.10. The lowest BCUT2D eigenvalue weighted by Crippen LogP contribution is -2.28. The van der Waals surface area contributed by atoms with Crippen LogP contribution in [0.3, 0.4) is 0 Å². The van der Waals surface area contributed by atoms with Crippen LogP contribution in [-0.2, 0) is 9.59 Å². The maximum Gasteiger partial charge on any atom is 0.229 e. The van der Waals surface area contributed by atoms with E-state index in [2.05, 4.69) is 5.32 Å². The maximum atomic E-state index is 12.6. The molecule has 0 spiro atoms. The Labute approximate surface area is 156 Å². The minimum Gasteiger partial charge on any atom is -0.497 e. The highest BCUT2D eigenvalue weighted by molar-refractivity contribution is 6.31. The van der Waals surface area contributed by atoms with Crippen LogP contribution in [-0.4, -0.2) is 32.6 Å².